The van der Waals surface area contributed by atoms with E-state index in [0.717, 1.165) is 16.5 Å². The monoisotopic (exact) mass is 291 g/mol. The topological polar surface area (TPSA) is 36.0 Å². The van der Waals surface area contributed by atoms with Crippen molar-refractivity contribution in [2.24, 2.45) is 0 Å². The van der Waals surface area contributed by atoms with E-state index in [0.29, 0.717) is 15.6 Å². The van der Waals surface area contributed by atoms with E-state index in [1.54, 1.807) is 18.2 Å². The summed E-state index contributed by atoms with van der Waals surface area (Å²) < 4.78 is 0. The van der Waals surface area contributed by atoms with E-state index >= 15 is 0 Å². The maximum absolute atomic E-state index is 10.6. The van der Waals surface area contributed by atoms with Crippen molar-refractivity contribution in [1.29, 1.82) is 0 Å². The number of fused-ring (bicyclic) bond motifs is 1. The number of aromatic amines is 1. The summed E-state index contributed by atoms with van der Waals surface area (Å²) in [7, 11) is 0. The molecule has 0 aliphatic rings. The van der Waals surface area contributed by atoms with Crippen molar-refractivity contribution in [3.63, 3.8) is 0 Å². The van der Waals surface area contributed by atoms with Crippen molar-refractivity contribution in [2.75, 3.05) is 0 Å². The van der Waals surface area contributed by atoms with Crippen LogP contribution in [-0.4, -0.2) is 10.1 Å². The molecule has 3 aromatic rings. The molecule has 19 heavy (non-hydrogen) atoms. The molecule has 2 aromatic carbocycles. The fourth-order valence-corrected chi connectivity index (χ4v) is 2.88. The van der Waals surface area contributed by atoms with Crippen molar-refractivity contribution in [1.82, 2.24) is 4.98 Å². The molecule has 2 N–H and O–H groups in total. The zero-order valence-electron chi connectivity index (χ0n) is 9.90. The van der Waals surface area contributed by atoms with Gasteiger partial charge in [0, 0.05) is 32.7 Å². The lowest BCUT2D eigenvalue weighted by molar-refractivity contribution is 0.222. The number of hydrogen-bond acceptors (Lipinski definition) is 1. The molecule has 0 radical (unpaired) electrons. The average Bonchev–Trinajstić information content (AvgIpc) is 2.86. The van der Waals surface area contributed by atoms with Gasteiger partial charge in [0.1, 0.15) is 6.10 Å². The second-order valence-corrected chi connectivity index (χ2v) is 5.14. The first kappa shape index (κ1) is 12.5. The largest absolute Gasteiger partial charge is 0.384 e. The molecule has 4 heteroatoms. The normalized spacial score (nSPS) is 12.8. The van der Waals surface area contributed by atoms with Crippen LogP contribution in [0.3, 0.4) is 0 Å². The molecule has 1 heterocycles. The van der Waals surface area contributed by atoms with E-state index in [2.05, 4.69) is 4.98 Å². The van der Waals surface area contributed by atoms with Crippen LogP contribution < -0.4 is 0 Å². The van der Waals surface area contributed by atoms with Crippen LogP contribution in [0.15, 0.2) is 48.7 Å². The first-order valence-electron chi connectivity index (χ1n) is 5.86. The van der Waals surface area contributed by atoms with E-state index in [9.17, 15) is 5.11 Å². The molecule has 0 amide bonds. The van der Waals surface area contributed by atoms with Crippen LogP contribution in [0.4, 0.5) is 0 Å². The molecule has 0 fully saturated rings. The number of aromatic nitrogens is 1. The number of H-pyrrole nitrogens is 1. The van der Waals surface area contributed by atoms with Crippen molar-refractivity contribution in [2.45, 2.75) is 6.10 Å². The van der Waals surface area contributed by atoms with Crippen molar-refractivity contribution >= 4 is 34.1 Å². The Balaban J connectivity index is 2.19. The van der Waals surface area contributed by atoms with Gasteiger partial charge in [-0.25, -0.2) is 0 Å². The molecular weight excluding hydrogens is 281 g/mol. The van der Waals surface area contributed by atoms with Gasteiger partial charge < -0.3 is 10.1 Å². The van der Waals surface area contributed by atoms with Crippen LogP contribution in [0.5, 0.6) is 0 Å². The van der Waals surface area contributed by atoms with Gasteiger partial charge in [0.2, 0.25) is 0 Å². The molecule has 0 aliphatic carbocycles. The highest BCUT2D eigenvalue weighted by molar-refractivity contribution is 6.36. The number of nitrogens with one attached hydrogen (secondary N) is 1. The summed E-state index contributed by atoms with van der Waals surface area (Å²) in [6.45, 7) is 0. The molecule has 96 valence electrons. The van der Waals surface area contributed by atoms with Crippen LogP contribution >= 0.6 is 23.2 Å². The number of rotatable bonds is 2. The number of aliphatic hydroxyl groups excluding tert-OH is 1. The summed E-state index contributed by atoms with van der Waals surface area (Å²) in [5.74, 6) is 0. The van der Waals surface area contributed by atoms with Crippen molar-refractivity contribution in [3.05, 3.63) is 69.8 Å². The SMILES string of the molecule is OC(c1c(Cl)cccc1Cl)c1cccc2[nH]ccc12. The fourth-order valence-electron chi connectivity index (χ4n) is 2.28. The summed E-state index contributed by atoms with van der Waals surface area (Å²) in [4.78, 5) is 3.12. The molecule has 2 nitrogen and oxygen atoms in total. The zero-order chi connectivity index (χ0) is 13.4. The van der Waals surface area contributed by atoms with Gasteiger partial charge in [0.15, 0.2) is 0 Å². The Kier molecular flexibility index (Phi) is 3.23. The third-order valence-electron chi connectivity index (χ3n) is 3.20. The minimum absolute atomic E-state index is 0.465. The second-order valence-electron chi connectivity index (χ2n) is 4.32. The van der Waals surface area contributed by atoms with Gasteiger partial charge in [0.05, 0.1) is 0 Å². The Morgan fingerprint density at radius 3 is 2.37 bits per heavy atom. The lowest BCUT2D eigenvalue weighted by Gasteiger charge is -2.15. The van der Waals surface area contributed by atoms with Gasteiger partial charge in [-0.15, -0.1) is 0 Å². The van der Waals surface area contributed by atoms with Gasteiger partial charge >= 0.3 is 0 Å². The number of benzene rings is 2. The minimum atomic E-state index is -0.847. The fraction of sp³-hybridized carbons (Fsp3) is 0.0667. The molecule has 0 saturated carbocycles. The molecule has 0 saturated heterocycles. The molecular formula is C15H11Cl2NO. The van der Waals surface area contributed by atoms with Crippen LogP contribution in [0.1, 0.15) is 17.2 Å². The Hall–Kier alpha value is -1.48. The van der Waals surface area contributed by atoms with Gasteiger partial charge in [0.25, 0.3) is 0 Å². The molecule has 1 unspecified atom stereocenters. The zero-order valence-corrected chi connectivity index (χ0v) is 11.4. The number of halogens is 2. The van der Waals surface area contributed by atoms with Crippen molar-refractivity contribution < 1.29 is 5.11 Å². The Labute approximate surface area is 120 Å². The molecule has 0 aliphatic heterocycles. The lowest BCUT2D eigenvalue weighted by Crippen LogP contribution is -2.02. The van der Waals surface area contributed by atoms with Crippen LogP contribution in [0, 0.1) is 0 Å². The molecule has 1 atom stereocenters. The molecule has 3 rings (SSSR count). The average molecular weight is 292 g/mol. The molecule has 0 spiro atoms. The minimum Gasteiger partial charge on any atom is -0.384 e. The van der Waals surface area contributed by atoms with E-state index in [1.807, 2.05) is 30.5 Å². The maximum Gasteiger partial charge on any atom is 0.108 e. The third kappa shape index (κ3) is 2.12. The quantitative estimate of drug-likeness (QED) is 0.714. The first-order valence-corrected chi connectivity index (χ1v) is 6.62. The standard InChI is InChI=1S/C15H11Cl2NO/c16-11-4-2-5-12(17)14(11)15(19)10-3-1-6-13-9(10)7-8-18-13/h1-8,15,18-19H. The van der Waals surface area contributed by atoms with Gasteiger partial charge in [-0.05, 0) is 29.8 Å². The maximum atomic E-state index is 10.6. The van der Waals surface area contributed by atoms with Gasteiger partial charge in [-0.3, -0.25) is 0 Å². The van der Waals surface area contributed by atoms with Crippen LogP contribution in [0.25, 0.3) is 10.9 Å². The summed E-state index contributed by atoms with van der Waals surface area (Å²) in [5.41, 5.74) is 2.30. The van der Waals surface area contributed by atoms with E-state index in [-0.39, 0.29) is 0 Å². The Bertz CT molecular complexity index is 716. The van der Waals surface area contributed by atoms with Crippen LogP contribution in [-0.2, 0) is 0 Å². The van der Waals surface area contributed by atoms with Gasteiger partial charge in [-0.2, -0.15) is 0 Å². The Morgan fingerprint density at radius 1 is 0.947 bits per heavy atom. The van der Waals surface area contributed by atoms with Crippen LogP contribution in [0.2, 0.25) is 10.0 Å². The van der Waals surface area contributed by atoms with E-state index < -0.39 is 6.10 Å². The Morgan fingerprint density at radius 2 is 1.63 bits per heavy atom. The summed E-state index contributed by atoms with van der Waals surface area (Å²) in [6.07, 6.45) is 0.996. The summed E-state index contributed by atoms with van der Waals surface area (Å²) >= 11 is 12.3. The molecule has 1 aromatic heterocycles. The predicted molar refractivity (Wildman–Crippen MR) is 78.8 cm³/mol. The smallest absolute Gasteiger partial charge is 0.108 e. The highest BCUT2D eigenvalue weighted by Gasteiger charge is 2.19. The number of hydrogen-bond donors (Lipinski definition) is 2. The lowest BCUT2D eigenvalue weighted by atomic mass is 9.98. The first-order chi connectivity index (χ1) is 9.18. The van der Waals surface area contributed by atoms with Crippen molar-refractivity contribution in [3.8, 4) is 0 Å². The molecule has 0 bridgehead atoms. The predicted octanol–water partition coefficient (Wildman–Crippen LogP) is 4.56. The second kappa shape index (κ2) is 4.89. The highest BCUT2D eigenvalue weighted by atomic mass is 35.5. The summed E-state index contributed by atoms with van der Waals surface area (Å²) in [6, 6.07) is 12.9. The van der Waals surface area contributed by atoms with E-state index in [1.165, 1.54) is 0 Å². The number of aliphatic hydroxyl groups is 1. The van der Waals surface area contributed by atoms with Gasteiger partial charge in [-0.1, -0.05) is 41.4 Å². The highest BCUT2D eigenvalue weighted by Crippen LogP contribution is 2.36. The third-order valence-corrected chi connectivity index (χ3v) is 3.86. The van der Waals surface area contributed by atoms with E-state index in [4.69, 9.17) is 23.2 Å². The summed E-state index contributed by atoms with van der Waals surface area (Å²) in [5, 5.41) is 12.5.